The number of nitrogens with one attached hydrogen (secondary N) is 2. The smallest absolute Gasteiger partial charge is 0.326 e. The highest BCUT2D eigenvalue weighted by atomic mass is 32.2. The van der Waals surface area contributed by atoms with Crippen molar-refractivity contribution in [3.05, 3.63) is 0 Å². The average Bonchev–Trinajstić information content (AvgIpc) is 2.57. The van der Waals surface area contributed by atoms with Crippen molar-refractivity contribution < 1.29 is 24.3 Å². The molecule has 0 heterocycles. The van der Waals surface area contributed by atoms with Gasteiger partial charge >= 0.3 is 5.97 Å². The summed E-state index contributed by atoms with van der Waals surface area (Å²) in [5, 5.41) is 13.9. The largest absolute Gasteiger partial charge is 0.480 e. The fourth-order valence-corrected chi connectivity index (χ4v) is 2.57. The number of hydrogen-bond acceptors (Lipinski definition) is 7. The zero-order chi connectivity index (χ0) is 20.1. The Morgan fingerprint density at radius 3 is 2.15 bits per heavy atom. The summed E-state index contributed by atoms with van der Waals surface area (Å²) in [5.74, 6) is -2.87. The van der Waals surface area contributed by atoms with Crippen LogP contribution in [0.3, 0.4) is 0 Å². The molecule has 3 atom stereocenters. The van der Waals surface area contributed by atoms with Crippen molar-refractivity contribution in [2.45, 2.75) is 50.2 Å². The fraction of sp³-hybridized carbons (Fsp3) is 0.733. The first-order valence-electron chi connectivity index (χ1n) is 8.29. The number of rotatable bonds is 14. The van der Waals surface area contributed by atoms with E-state index in [0.717, 1.165) is 6.42 Å². The van der Waals surface area contributed by atoms with E-state index in [1.54, 1.807) is 0 Å². The summed E-state index contributed by atoms with van der Waals surface area (Å²) in [5.41, 5.74) is 16.2. The maximum absolute atomic E-state index is 12.4. The van der Waals surface area contributed by atoms with Crippen LogP contribution in [-0.4, -0.2) is 65.5 Å². The number of hydrogen-bond donors (Lipinski definition) is 6. The normalized spacial score (nSPS) is 14.1. The SMILES string of the molecule is CSCCC(NC(=O)C(N)CCCCN)C(=O)NC(CC(N)=O)C(=O)O. The highest BCUT2D eigenvalue weighted by molar-refractivity contribution is 7.98. The number of amides is 3. The van der Waals surface area contributed by atoms with Crippen LogP contribution < -0.4 is 27.8 Å². The molecule has 0 radical (unpaired) electrons. The van der Waals surface area contributed by atoms with E-state index in [1.807, 2.05) is 6.26 Å². The molecule has 0 saturated heterocycles. The van der Waals surface area contributed by atoms with Gasteiger partial charge in [0, 0.05) is 0 Å². The summed E-state index contributed by atoms with van der Waals surface area (Å²) >= 11 is 1.47. The molecule has 26 heavy (non-hydrogen) atoms. The molecular formula is C15H29N5O5S. The van der Waals surface area contributed by atoms with E-state index < -0.39 is 48.2 Å². The van der Waals surface area contributed by atoms with E-state index in [9.17, 15) is 19.2 Å². The third-order valence-electron chi connectivity index (χ3n) is 3.57. The quantitative estimate of drug-likeness (QED) is 0.185. The Morgan fingerprint density at radius 1 is 1.04 bits per heavy atom. The summed E-state index contributed by atoms with van der Waals surface area (Å²) in [6.07, 6.45) is 3.44. The molecule has 11 heteroatoms. The number of carbonyl (C=O) groups excluding carboxylic acids is 3. The Morgan fingerprint density at radius 2 is 1.65 bits per heavy atom. The molecule has 0 aliphatic carbocycles. The van der Waals surface area contributed by atoms with Gasteiger partial charge in [-0.15, -0.1) is 0 Å². The van der Waals surface area contributed by atoms with Gasteiger partial charge in [-0.25, -0.2) is 4.79 Å². The zero-order valence-electron chi connectivity index (χ0n) is 14.9. The Balaban J connectivity index is 4.88. The second-order valence-electron chi connectivity index (χ2n) is 5.80. The number of aliphatic carboxylic acids is 1. The second kappa shape index (κ2) is 13.4. The van der Waals surface area contributed by atoms with E-state index in [0.29, 0.717) is 25.1 Å². The molecule has 0 aromatic heterocycles. The van der Waals surface area contributed by atoms with Crippen LogP contribution in [0.4, 0.5) is 0 Å². The third kappa shape index (κ3) is 10.2. The maximum atomic E-state index is 12.4. The van der Waals surface area contributed by atoms with E-state index >= 15 is 0 Å². The standard InChI is InChI=1S/C15H29N5O5S/c1-26-7-5-10(19-13(22)9(17)4-2-3-6-16)14(23)20-11(15(24)25)8-12(18)21/h9-11H,2-8,16-17H2,1H3,(H2,18,21)(H,19,22)(H,20,23)(H,24,25). The number of thioether (sulfide) groups is 1. The predicted molar refractivity (Wildman–Crippen MR) is 99.2 cm³/mol. The van der Waals surface area contributed by atoms with Gasteiger partial charge in [-0.05, 0) is 37.8 Å². The minimum absolute atomic E-state index is 0.289. The number of unbranched alkanes of at least 4 members (excludes halogenated alkanes) is 1. The van der Waals surface area contributed by atoms with E-state index in [2.05, 4.69) is 10.6 Å². The van der Waals surface area contributed by atoms with Crippen LogP contribution in [0.25, 0.3) is 0 Å². The molecule has 0 spiro atoms. The highest BCUT2D eigenvalue weighted by Gasteiger charge is 2.28. The minimum atomic E-state index is -1.45. The average molecular weight is 391 g/mol. The first kappa shape index (κ1) is 24.1. The fourth-order valence-electron chi connectivity index (χ4n) is 2.10. The highest BCUT2D eigenvalue weighted by Crippen LogP contribution is 2.05. The molecule has 0 aliphatic rings. The monoisotopic (exact) mass is 391 g/mol. The zero-order valence-corrected chi connectivity index (χ0v) is 15.7. The Labute approximate surface area is 157 Å². The summed E-state index contributed by atoms with van der Waals surface area (Å²) in [6.45, 7) is 0.504. The Bertz CT molecular complexity index is 491. The summed E-state index contributed by atoms with van der Waals surface area (Å²) < 4.78 is 0. The van der Waals surface area contributed by atoms with Crippen LogP contribution in [0.15, 0.2) is 0 Å². The summed E-state index contributed by atoms with van der Waals surface area (Å²) in [7, 11) is 0. The number of carboxylic acids is 1. The number of carbonyl (C=O) groups is 4. The molecule has 150 valence electrons. The molecule has 0 aliphatic heterocycles. The lowest BCUT2D eigenvalue weighted by Crippen LogP contribution is -2.55. The third-order valence-corrected chi connectivity index (χ3v) is 4.21. The molecular weight excluding hydrogens is 362 g/mol. The lowest BCUT2D eigenvalue weighted by Gasteiger charge is -2.22. The molecule has 10 nitrogen and oxygen atoms in total. The number of carboxylic acid groups (broad SMARTS) is 1. The summed E-state index contributed by atoms with van der Waals surface area (Å²) in [4.78, 5) is 46.6. The van der Waals surface area contributed by atoms with Crippen LogP contribution in [0.1, 0.15) is 32.1 Å². The summed E-state index contributed by atoms with van der Waals surface area (Å²) in [6, 6.07) is -3.19. The lowest BCUT2D eigenvalue weighted by atomic mass is 10.1. The van der Waals surface area contributed by atoms with Crippen molar-refractivity contribution in [3.63, 3.8) is 0 Å². The second-order valence-corrected chi connectivity index (χ2v) is 6.79. The first-order valence-corrected chi connectivity index (χ1v) is 9.68. The Hall–Kier alpha value is -1.85. The maximum Gasteiger partial charge on any atom is 0.326 e. The molecule has 3 amide bonds. The van der Waals surface area contributed by atoms with Crippen molar-refractivity contribution in [3.8, 4) is 0 Å². The van der Waals surface area contributed by atoms with Gasteiger partial charge < -0.3 is 32.9 Å². The van der Waals surface area contributed by atoms with E-state index in [-0.39, 0.29) is 6.42 Å². The predicted octanol–water partition coefficient (Wildman–Crippen LogP) is -1.87. The van der Waals surface area contributed by atoms with Crippen LogP contribution in [-0.2, 0) is 19.2 Å². The number of nitrogens with two attached hydrogens (primary N) is 3. The van der Waals surface area contributed by atoms with E-state index in [4.69, 9.17) is 22.3 Å². The van der Waals surface area contributed by atoms with Gasteiger partial charge in [0.1, 0.15) is 12.1 Å². The van der Waals surface area contributed by atoms with Crippen LogP contribution >= 0.6 is 11.8 Å². The van der Waals surface area contributed by atoms with Gasteiger partial charge in [0.25, 0.3) is 0 Å². The topological polar surface area (TPSA) is 191 Å². The van der Waals surface area contributed by atoms with Gasteiger partial charge in [-0.3, -0.25) is 14.4 Å². The van der Waals surface area contributed by atoms with Crippen molar-refractivity contribution in [1.82, 2.24) is 10.6 Å². The van der Waals surface area contributed by atoms with Gasteiger partial charge in [0.05, 0.1) is 12.5 Å². The van der Waals surface area contributed by atoms with Gasteiger partial charge in [-0.1, -0.05) is 6.42 Å². The van der Waals surface area contributed by atoms with E-state index in [1.165, 1.54) is 11.8 Å². The van der Waals surface area contributed by atoms with Crippen molar-refractivity contribution >= 4 is 35.5 Å². The minimum Gasteiger partial charge on any atom is -0.480 e. The van der Waals surface area contributed by atoms with Gasteiger partial charge in [0.2, 0.25) is 17.7 Å². The lowest BCUT2D eigenvalue weighted by molar-refractivity contribution is -0.143. The molecule has 3 unspecified atom stereocenters. The van der Waals surface area contributed by atoms with Crippen molar-refractivity contribution in [2.24, 2.45) is 17.2 Å². The molecule has 0 fully saturated rings. The van der Waals surface area contributed by atoms with Crippen LogP contribution in [0.5, 0.6) is 0 Å². The number of primary amides is 1. The Kier molecular flexibility index (Phi) is 12.4. The first-order chi connectivity index (χ1) is 12.2. The molecule has 0 aromatic carbocycles. The molecule has 0 bridgehead atoms. The van der Waals surface area contributed by atoms with Crippen molar-refractivity contribution in [2.75, 3.05) is 18.6 Å². The van der Waals surface area contributed by atoms with Crippen molar-refractivity contribution in [1.29, 1.82) is 0 Å². The molecule has 0 aromatic rings. The van der Waals surface area contributed by atoms with Crippen LogP contribution in [0.2, 0.25) is 0 Å². The molecule has 0 saturated carbocycles. The van der Waals surface area contributed by atoms with Crippen LogP contribution in [0, 0.1) is 0 Å². The molecule has 9 N–H and O–H groups in total. The molecule has 0 rings (SSSR count). The van der Waals surface area contributed by atoms with Gasteiger partial charge in [-0.2, -0.15) is 11.8 Å². The van der Waals surface area contributed by atoms with Gasteiger partial charge in [0.15, 0.2) is 0 Å².